The Morgan fingerprint density at radius 2 is 2.11 bits per heavy atom. The highest BCUT2D eigenvalue weighted by Gasteiger charge is 2.35. The molecule has 0 aliphatic heterocycles. The smallest absolute Gasteiger partial charge is 0.356 e. The Morgan fingerprint density at radius 1 is 1.39 bits per heavy atom. The maximum absolute atomic E-state index is 12.3. The molecule has 0 aliphatic carbocycles. The average molecular weight is 277 g/mol. The van der Waals surface area contributed by atoms with Gasteiger partial charge in [0.1, 0.15) is 0 Å². The first-order valence-corrected chi connectivity index (χ1v) is 5.81. The van der Waals surface area contributed by atoms with Gasteiger partial charge in [-0.05, 0) is 6.92 Å². The van der Waals surface area contributed by atoms with Crippen LogP contribution in [0.1, 0.15) is 16.3 Å². The van der Waals surface area contributed by atoms with Crippen LogP contribution in [0.5, 0.6) is 0 Å². The van der Waals surface area contributed by atoms with E-state index < -0.39 is 11.2 Å². The van der Waals surface area contributed by atoms with Crippen molar-refractivity contribution in [2.24, 2.45) is 7.05 Å². The van der Waals surface area contributed by atoms with E-state index in [2.05, 4.69) is 20.6 Å². The van der Waals surface area contributed by atoms with Gasteiger partial charge in [0.15, 0.2) is 0 Å². The number of hydrogen-bond acceptors (Lipinski definition) is 5. The lowest BCUT2D eigenvalue weighted by atomic mass is 10.2. The first kappa shape index (κ1) is 12.8. The van der Waals surface area contributed by atoms with Crippen LogP contribution in [0.4, 0.5) is 18.3 Å². The number of nitrogens with zero attached hydrogens (tertiary/aromatic N) is 4. The molecule has 0 bridgehead atoms. The van der Waals surface area contributed by atoms with Crippen LogP contribution < -0.4 is 5.32 Å². The average Bonchev–Trinajstić information content (AvgIpc) is 2.86. The second-order valence-electron chi connectivity index (χ2n) is 3.64. The number of aromatic nitrogens is 4. The van der Waals surface area contributed by atoms with Gasteiger partial charge in [-0.2, -0.15) is 18.3 Å². The van der Waals surface area contributed by atoms with Crippen molar-refractivity contribution < 1.29 is 13.2 Å². The number of hydrogen-bond donors (Lipinski definition) is 1. The minimum absolute atomic E-state index is 0.144. The van der Waals surface area contributed by atoms with Crippen LogP contribution in [0.25, 0.3) is 0 Å². The van der Waals surface area contributed by atoms with Crippen molar-refractivity contribution in [3.05, 3.63) is 22.5 Å². The summed E-state index contributed by atoms with van der Waals surface area (Å²) in [5.41, 5.74) is 1.85. The van der Waals surface area contributed by atoms with E-state index in [0.29, 0.717) is 17.9 Å². The van der Waals surface area contributed by atoms with Gasteiger partial charge in [0.2, 0.25) is 10.1 Å². The Hall–Kier alpha value is -1.64. The number of nitrogens with one attached hydrogen (secondary N) is 1. The molecule has 0 aromatic carbocycles. The maximum Gasteiger partial charge on any atom is 0.445 e. The third-order valence-corrected chi connectivity index (χ3v) is 3.36. The lowest BCUT2D eigenvalue weighted by Crippen LogP contribution is -2.03. The van der Waals surface area contributed by atoms with Gasteiger partial charge in [0, 0.05) is 24.8 Å². The van der Waals surface area contributed by atoms with E-state index in [9.17, 15) is 13.2 Å². The maximum atomic E-state index is 12.3. The van der Waals surface area contributed by atoms with Gasteiger partial charge in [-0.15, -0.1) is 10.2 Å². The molecular weight excluding hydrogens is 267 g/mol. The molecule has 0 atom stereocenters. The lowest BCUT2D eigenvalue weighted by Gasteiger charge is -2.01. The van der Waals surface area contributed by atoms with E-state index in [-0.39, 0.29) is 5.13 Å². The minimum atomic E-state index is -4.44. The molecule has 2 aromatic rings. The predicted octanol–water partition coefficient (Wildman–Crippen LogP) is 2.21. The summed E-state index contributed by atoms with van der Waals surface area (Å²) < 4.78 is 38.6. The SMILES string of the molecule is Cc1c(CNc2nnc(C(F)(F)F)s2)cnn1C. The molecule has 0 saturated carbocycles. The molecule has 9 heteroatoms. The summed E-state index contributed by atoms with van der Waals surface area (Å²) in [5, 5.41) is 12.6. The number of aryl methyl sites for hydroxylation is 1. The van der Waals surface area contributed by atoms with Crippen LogP contribution in [-0.2, 0) is 19.8 Å². The van der Waals surface area contributed by atoms with Crippen molar-refractivity contribution in [1.29, 1.82) is 0 Å². The van der Waals surface area contributed by atoms with Gasteiger partial charge in [0.25, 0.3) is 0 Å². The largest absolute Gasteiger partial charge is 0.445 e. The quantitative estimate of drug-likeness (QED) is 0.934. The molecule has 2 aromatic heterocycles. The van der Waals surface area contributed by atoms with Crippen LogP contribution in [0.2, 0.25) is 0 Å². The molecular formula is C9H10F3N5S. The monoisotopic (exact) mass is 277 g/mol. The summed E-state index contributed by atoms with van der Waals surface area (Å²) in [5.74, 6) is 0. The molecule has 98 valence electrons. The first-order valence-electron chi connectivity index (χ1n) is 5.00. The lowest BCUT2D eigenvalue weighted by molar-refractivity contribution is -0.138. The van der Waals surface area contributed by atoms with Crippen LogP contribution in [0, 0.1) is 6.92 Å². The van der Waals surface area contributed by atoms with Crippen LogP contribution >= 0.6 is 11.3 Å². The third-order valence-electron chi connectivity index (χ3n) is 2.43. The summed E-state index contributed by atoms with van der Waals surface area (Å²) in [6.07, 6.45) is -2.78. The molecule has 0 aliphatic rings. The molecule has 1 N–H and O–H groups in total. The predicted molar refractivity (Wildman–Crippen MR) is 60.2 cm³/mol. The Labute approximate surface area is 105 Å². The molecule has 0 fully saturated rings. The van der Waals surface area contributed by atoms with E-state index in [1.807, 2.05) is 6.92 Å². The van der Waals surface area contributed by atoms with E-state index >= 15 is 0 Å². The normalized spacial score (nSPS) is 11.8. The molecule has 2 rings (SSSR count). The second kappa shape index (κ2) is 4.56. The number of halogens is 3. The topological polar surface area (TPSA) is 55.6 Å². The van der Waals surface area contributed by atoms with Crippen LogP contribution in [0.15, 0.2) is 6.20 Å². The van der Waals surface area contributed by atoms with Crippen molar-refractivity contribution in [1.82, 2.24) is 20.0 Å². The Bertz CT molecular complexity index is 545. The van der Waals surface area contributed by atoms with Crippen molar-refractivity contribution >= 4 is 16.5 Å². The third kappa shape index (κ3) is 2.61. The zero-order valence-corrected chi connectivity index (χ0v) is 10.4. The molecule has 0 radical (unpaired) electrons. The fraction of sp³-hybridized carbons (Fsp3) is 0.444. The summed E-state index contributed by atoms with van der Waals surface area (Å²) in [6.45, 7) is 2.25. The first-order chi connectivity index (χ1) is 8.38. The van der Waals surface area contributed by atoms with Gasteiger partial charge in [-0.3, -0.25) is 4.68 Å². The van der Waals surface area contributed by atoms with Crippen LogP contribution in [0.3, 0.4) is 0 Å². The van der Waals surface area contributed by atoms with Gasteiger partial charge in [-0.25, -0.2) is 0 Å². The van der Waals surface area contributed by atoms with Crippen LogP contribution in [-0.4, -0.2) is 20.0 Å². The summed E-state index contributed by atoms with van der Waals surface area (Å²) in [7, 11) is 1.80. The number of alkyl halides is 3. The van der Waals surface area contributed by atoms with Crippen molar-refractivity contribution in [3.63, 3.8) is 0 Å². The van der Waals surface area contributed by atoms with E-state index in [0.717, 1.165) is 11.3 Å². The number of rotatable bonds is 3. The van der Waals surface area contributed by atoms with Crippen molar-refractivity contribution in [3.8, 4) is 0 Å². The molecule has 0 amide bonds. The summed E-state index contributed by atoms with van der Waals surface area (Å²) in [6, 6.07) is 0. The van der Waals surface area contributed by atoms with Gasteiger partial charge < -0.3 is 5.32 Å². The molecule has 0 unspecified atom stereocenters. The Balaban J connectivity index is 2.03. The fourth-order valence-electron chi connectivity index (χ4n) is 1.30. The summed E-state index contributed by atoms with van der Waals surface area (Å²) >= 11 is 0.486. The minimum Gasteiger partial charge on any atom is -0.356 e. The highest BCUT2D eigenvalue weighted by molar-refractivity contribution is 7.15. The second-order valence-corrected chi connectivity index (χ2v) is 4.62. The van der Waals surface area contributed by atoms with E-state index in [4.69, 9.17) is 0 Å². The zero-order chi connectivity index (χ0) is 13.3. The standard InChI is InChI=1S/C9H10F3N5S/c1-5-6(4-14-17(5)2)3-13-8-16-15-7(18-8)9(10,11)12/h4H,3H2,1-2H3,(H,13,16). The van der Waals surface area contributed by atoms with Gasteiger partial charge in [-0.1, -0.05) is 11.3 Å². The van der Waals surface area contributed by atoms with Crippen molar-refractivity contribution in [2.75, 3.05) is 5.32 Å². The fourth-order valence-corrected chi connectivity index (χ4v) is 1.90. The number of anilines is 1. The molecule has 0 spiro atoms. The van der Waals surface area contributed by atoms with E-state index in [1.54, 1.807) is 17.9 Å². The molecule has 18 heavy (non-hydrogen) atoms. The zero-order valence-electron chi connectivity index (χ0n) is 9.62. The Kier molecular flexibility index (Phi) is 3.24. The molecule has 2 heterocycles. The van der Waals surface area contributed by atoms with E-state index in [1.165, 1.54) is 0 Å². The molecule has 5 nitrogen and oxygen atoms in total. The highest BCUT2D eigenvalue weighted by Crippen LogP contribution is 2.33. The molecule has 0 saturated heterocycles. The van der Waals surface area contributed by atoms with Gasteiger partial charge >= 0.3 is 6.18 Å². The van der Waals surface area contributed by atoms with Gasteiger partial charge in [0.05, 0.1) is 6.20 Å². The highest BCUT2D eigenvalue weighted by atomic mass is 32.1. The van der Waals surface area contributed by atoms with Crippen molar-refractivity contribution in [2.45, 2.75) is 19.6 Å². The Morgan fingerprint density at radius 3 is 2.61 bits per heavy atom. The summed E-state index contributed by atoms with van der Waals surface area (Å²) in [4.78, 5) is 0.